The van der Waals surface area contributed by atoms with E-state index in [1.807, 2.05) is 52.0 Å². The van der Waals surface area contributed by atoms with Gasteiger partial charge in [0, 0.05) is 12.1 Å². The van der Waals surface area contributed by atoms with E-state index in [2.05, 4.69) is 10.6 Å². The van der Waals surface area contributed by atoms with Crippen LogP contribution in [0.5, 0.6) is 0 Å². The van der Waals surface area contributed by atoms with E-state index in [1.165, 1.54) is 4.90 Å². The van der Waals surface area contributed by atoms with Gasteiger partial charge < -0.3 is 20.3 Å². The van der Waals surface area contributed by atoms with E-state index in [4.69, 9.17) is 4.74 Å². The number of hydrogen-bond donors (Lipinski definition) is 2. The van der Waals surface area contributed by atoms with Crippen LogP contribution in [0.3, 0.4) is 0 Å². The molecule has 162 valence electrons. The van der Waals surface area contributed by atoms with Crippen molar-refractivity contribution < 1.29 is 19.1 Å². The second-order valence-electron chi connectivity index (χ2n) is 9.03. The third kappa shape index (κ3) is 8.13. The van der Waals surface area contributed by atoms with Crippen LogP contribution in [0.2, 0.25) is 0 Å². The smallest absolute Gasteiger partial charge is 0.408 e. The van der Waals surface area contributed by atoms with Crippen LogP contribution in [0.15, 0.2) is 24.3 Å². The Labute approximate surface area is 174 Å². The zero-order chi connectivity index (χ0) is 22.4. The molecule has 0 spiro atoms. The van der Waals surface area contributed by atoms with Crippen LogP contribution in [-0.2, 0) is 14.3 Å². The number of nitrogens with zero attached hydrogens (tertiary/aromatic N) is 1. The number of carbonyl (C=O) groups excluding carboxylic acids is 3. The van der Waals surface area contributed by atoms with Gasteiger partial charge in [-0.3, -0.25) is 9.59 Å². The average molecular weight is 406 g/mol. The highest BCUT2D eigenvalue weighted by molar-refractivity contribution is 5.91. The molecule has 7 nitrogen and oxygen atoms in total. The van der Waals surface area contributed by atoms with Crippen LogP contribution < -0.4 is 10.6 Å². The first-order valence-electron chi connectivity index (χ1n) is 9.89. The molecule has 7 heteroatoms. The zero-order valence-electron chi connectivity index (χ0n) is 18.9. The molecule has 0 bridgehead atoms. The van der Waals surface area contributed by atoms with Crippen molar-refractivity contribution in [2.24, 2.45) is 0 Å². The maximum atomic E-state index is 13.1. The second kappa shape index (κ2) is 9.76. The lowest BCUT2D eigenvalue weighted by molar-refractivity contribution is -0.140. The lowest BCUT2D eigenvalue weighted by Gasteiger charge is -2.33. The van der Waals surface area contributed by atoms with Crippen LogP contribution >= 0.6 is 0 Å². The fourth-order valence-corrected chi connectivity index (χ4v) is 2.85. The van der Waals surface area contributed by atoms with Crippen LogP contribution in [0.1, 0.15) is 65.6 Å². The number of aryl methyl sites for hydroxylation is 1. The normalized spacial score (nSPS) is 12.7. The van der Waals surface area contributed by atoms with Crippen LogP contribution in [0.25, 0.3) is 0 Å². The third-order valence-electron chi connectivity index (χ3n) is 3.99. The highest BCUT2D eigenvalue weighted by atomic mass is 16.6. The number of carbonyl (C=O) groups is 3. The number of alkyl carbamates (subject to hydrolysis) is 1. The van der Waals surface area contributed by atoms with E-state index in [0.29, 0.717) is 6.54 Å². The third-order valence-corrected chi connectivity index (χ3v) is 3.99. The Bertz CT molecular complexity index is 732. The van der Waals surface area contributed by atoms with Gasteiger partial charge >= 0.3 is 6.09 Å². The number of nitrogens with one attached hydrogen (secondary N) is 2. The van der Waals surface area contributed by atoms with E-state index < -0.39 is 23.3 Å². The topological polar surface area (TPSA) is 87.7 Å². The van der Waals surface area contributed by atoms with Crippen molar-refractivity contribution in [3.05, 3.63) is 35.4 Å². The van der Waals surface area contributed by atoms with Gasteiger partial charge in [0.05, 0.1) is 0 Å². The van der Waals surface area contributed by atoms with Crippen molar-refractivity contribution in [1.29, 1.82) is 0 Å². The first-order valence-corrected chi connectivity index (χ1v) is 9.89. The molecule has 3 amide bonds. The van der Waals surface area contributed by atoms with Gasteiger partial charge in [0.2, 0.25) is 11.8 Å². The monoisotopic (exact) mass is 405 g/mol. The number of hydrogen-bond acceptors (Lipinski definition) is 4. The Kier molecular flexibility index (Phi) is 8.24. The Morgan fingerprint density at radius 2 is 1.66 bits per heavy atom. The molecule has 1 unspecified atom stereocenters. The highest BCUT2D eigenvalue weighted by Crippen LogP contribution is 2.25. The summed E-state index contributed by atoms with van der Waals surface area (Å²) in [6, 6.07) is 6.69. The minimum Gasteiger partial charge on any atom is -0.444 e. The number of benzene rings is 1. The van der Waals surface area contributed by atoms with Gasteiger partial charge in [-0.1, -0.05) is 24.3 Å². The molecule has 0 aliphatic carbocycles. The Hall–Kier alpha value is -2.57. The van der Waals surface area contributed by atoms with E-state index in [9.17, 15) is 14.4 Å². The fourth-order valence-electron chi connectivity index (χ4n) is 2.85. The Balaban J connectivity index is 3.10. The summed E-state index contributed by atoms with van der Waals surface area (Å²) in [7, 11) is 0. The van der Waals surface area contributed by atoms with Crippen molar-refractivity contribution >= 4 is 17.9 Å². The molecule has 0 saturated carbocycles. The summed E-state index contributed by atoms with van der Waals surface area (Å²) < 4.78 is 5.18. The molecule has 1 rings (SSSR count). The Morgan fingerprint density at radius 1 is 1.07 bits per heavy atom. The van der Waals surface area contributed by atoms with E-state index in [1.54, 1.807) is 27.7 Å². The molecule has 1 atom stereocenters. The van der Waals surface area contributed by atoms with Crippen LogP contribution in [0, 0.1) is 6.92 Å². The molecule has 0 aromatic heterocycles. The second-order valence-corrected chi connectivity index (χ2v) is 9.03. The predicted molar refractivity (Wildman–Crippen MR) is 113 cm³/mol. The molecule has 1 aromatic rings. The first kappa shape index (κ1) is 24.5. The van der Waals surface area contributed by atoms with Gasteiger partial charge in [-0.15, -0.1) is 0 Å². The number of likely N-dealkylation sites (N-methyl/N-ethyl adjacent to an activating group) is 1. The lowest BCUT2D eigenvalue weighted by atomic mass is 9.97. The van der Waals surface area contributed by atoms with Crippen LogP contribution in [-0.4, -0.2) is 47.0 Å². The van der Waals surface area contributed by atoms with E-state index in [-0.39, 0.29) is 18.4 Å². The minimum absolute atomic E-state index is 0.256. The van der Waals surface area contributed by atoms with Gasteiger partial charge in [-0.05, 0) is 66.5 Å². The van der Waals surface area contributed by atoms with Gasteiger partial charge in [0.25, 0.3) is 0 Å². The quantitative estimate of drug-likeness (QED) is 0.760. The van der Waals surface area contributed by atoms with E-state index in [0.717, 1.165) is 11.1 Å². The largest absolute Gasteiger partial charge is 0.444 e. The molecule has 0 fully saturated rings. The van der Waals surface area contributed by atoms with Crippen molar-refractivity contribution in [2.45, 2.75) is 72.6 Å². The van der Waals surface area contributed by atoms with Crippen molar-refractivity contribution in [3.63, 3.8) is 0 Å². The minimum atomic E-state index is -0.798. The fraction of sp³-hybridized carbons (Fsp3) is 0.591. The molecule has 2 N–H and O–H groups in total. The Morgan fingerprint density at radius 3 is 2.14 bits per heavy atom. The van der Waals surface area contributed by atoms with Gasteiger partial charge in [-0.2, -0.15) is 0 Å². The summed E-state index contributed by atoms with van der Waals surface area (Å²) in [5.41, 5.74) is 0.554. The average Bonchev–Trinajstić information content (AvgIpc) is 2.55. The van der Waals surface area contributed by atoms with Gasteiger partial charge in [-0.25, -0.2) is 4.79 Å². The number of ether oxygens (including phenoxy) is 1. The summed E-state index contributed by atoms with van der Waals surface area (Å²) in [6.45, 7) is 14.7. The van der Waals surface area contributed by atoms with E-state index >= 15 is 0 Å². The molecule has 0 radical (unpaired) electrons. The maximum Gasteiger partial charge on any atom is 0.408 e. The molecular weight excluding hydrogens is 370 g/mol. The molecular formula is C22H35N3O4. The number of amides is 3. The molecule has 0 heterocycles. The maximum absolute atomic E-state index is 13.1. The summed E-state index contributed by atoms with van der Waals surface area (Å²) in [5, 5.41) is 5.44. The molecule has 1 aromatic carbocycles. The highest BCUT2D eigenvalue weighted by Gasteiger charge is 2.33. The lowest BCUT2D eigenvalue weighted by Crippen LogP contribution is -2.51. The first-order chi connectivity index (χ1) is 13.2. The molecule has 0 saturated heterocycles. The number of rotatable bonds is 6. The predicted octanol–water partition coefficient (Wildman–Crippen LogP) is 3.32. The van der Waals surface area contributed by atoms with Crippen molar-refractivity contribution in [3.8, 4) is 0 Å². The molecule has 0 aliphatic rings. The van der Waals surface area contributed by atoms with Crippen molar-refractivity contribution in [1.82, 2.24) is 15.5 Å². The summed E-state index contributed by atoms with van der Waals surface area (Å²) >= 11 is 0. The standard InChI is InChI=1S/C22H35N3O4/c1-9-25(17(26)14-23-20(28)29-22(6,7)8)18(19(27)24-21(3,4)5)16-13-11-10-12-15(16)2/h10-13,18H,9,14H2,1-8H3,(H,23,28)(H,24,27). The summed E-state index contributed by atoms with van der Waals surface area (Å²) in [6.07, 6.45) is -0.673. The van der Waals surface area contributed by atoms with Gasteiger partial charge in [0.1, 0.15) is 18.2 Å². The zero-order valence-corrected chi connectivity index (χ0v) is 18.9. The molecule has 0 aliphatic heterocycles. The van der Waals surface area contributed by atoms with Crippen LogP contribution in [0.4, 0.5) is 4.79 Å². The molecule has 29 heavy (non-hydrogen) atoms. The van der Waals surface area contributed by atoms with Crippen molar-refractivity contribution in [2.75, 3.05) is 13.1 Å². The van der Waals surface area contributed by atoms with Gasteiger partial charge in [0.15, 0.2) is 0 Å². The SMILES string of the molecule is CCN(C(=O)CNC(=O)OC(C)(C)C)C(C(=O)NC(C)(C)C)c1ccccc1C. The summed E-state index contributed by atoms with van der Waals surface area (Å²) in [5.74, 6) is -0.630. The summed E-state index contributed by atoms with van der Waals surface area (Å²) in [4.78, 5) is 39.4.